The van der Waals surface area contributed by atoms with Gasteiger partial charge in [-0.1, -0.05) is 49.8 Å². The van der Waals surface area contributed by atoms with Gasteiger partial charge < -0.3 is 15.6 Å². The van der Waals surface area contributed by atoms with Crippen molar-refractivity contribution in [2.75, 3.05) is 0 Å². The molecule has 0 radical (unpaired) electrons. The summed E-state index contributed by atoms with van der Waals surface area (Å²) in [7, 11) is 0. The maximum absolute atomic E-state index is 12.5. The van der Waals surface area contributed by atoms with Gasteiger partial charge in [0.15, 0.2) is 0 Å². The molecule has 0 saturated carbocycles. The molecule has 1 saturated heterocycles. The van der Waals surface area contributed by atoms with Gasteiger partial charge in [-0.3, -0.25) is 9.59 Å². The van der Waals surface area contributed by atoms with Gasteiger partial charge in [0.25, 0.3) is 5.91 Å². The lowest BCUT2D eigenvalue weighted by atomic mass is 9.86. The van der Waals surface area contributed by atoms with Crippen LogP contribution in [0.15, 0.2) is 48.2 Å². The molecule has 1 aromatic carbocycles. The fourth-order valence-electron chi connectivity index (χ4n) is 3.43. The molecule has 1 aliphatic heterocycles. The number of aromatic nitrogens is 1. The van der Waals surface area contributed by atoms with Crippen LogP contribution in [0.1, 0.15) is 51.4 Å². The lowest BCUT2D eigenvalue weighted by Crippen LogP contribution is -2.53. The van der Waals surface area contributed by atoms with Crippen molar-refractivity contribution < 1.29 is 9.59 Å². The van der Waals surface area contributed by atoms with Gasteiger partial charge in [-0.05, 0) is 38.8 Å². The highest BCUT2D eigenvalue weighted by atomic mass is 16.2. The zero-order chi connectivity index (χ0) is 21.3. The summed E-state index contributed by atoms with van der Waals surface area (Å²) in [6, 6.07) is 5.63. The largest absolute Gasteiger partial charge is 0.357 e. The van der Waals surface area contributed by atoms with Gasteiger partial charge in [0, 0.05) is 27.6 Å². The number of fused-ring (bicyclic) bond motifs is 1. The Labute approximate surface area is 172 Å². The SMILES string of the molecule is C=CC(C)(C)c1[nH]c2c(CC=C(C)C)cccc2c1/C=C1\NC(=O)[C@H](C)NC1=O. The molecule has 3 N–H and O–H groups in total. The topological polar surface area (TPSA) is 74.0 Å². The van der Waals surface area contributed by atoms with Gasteiger partial charge in [-0.2, -0.15) is 0 Å². The predicted octanol–water partition coefficient (Wildman–Crippen LogP) is 4.12. The maximum Gasteiger partial charge on any atom is 0.268 e. The molecule has 3 rings (SSSR count). The molecule has 5 nitrogen and oxygen atoms in total. The molecule has 0 bridgehead atoms. The summed E-state index contributed by atoms with van der Waals surface area (Å²) in [5, 5.41) is 6.45. The van der Waals surface area contributed by atoms with E-state index in [-0.39, 0.29) is 22.9 Å². The minimum Gasteiger partial charge on any atom is -0.357 e. The first-order valence-corrected chi connectivity index (χ1v) is 9.88. The molecule has 1 fully saturated rings. The van der Waals surface area contributed by atoms with Crippen LogP contribution in [0.2, 0.25) is 0 Å². The number of piperazine rings is 1. The minimum absolute atomic E-state index is 0.218. The van der Waals surface area contributed by atoms with Crippen LogP contribution in [0.4, 0.5) is 0 Å². The number of aromatic amines is 1. The highest BCUT2D eigenvalue weighted by Crippen LogP contribution is 2.35. The number of carbonyl (C=O) groups excluding carboxylic acids is 2. The monoisotopic (exact) mass is 391 g/mol. The number of carbonyl (C=O) groups is 2. The van der Waals surface area contributed by atoms with E-state index >= 15 is 0 Å². The highest BCUT2D eigenvalue weighted by Gasteiger charge is 2.29. The first-order chi connectivity index (χ1) is 13.6. The predicted molar refractivity (Wildman–Crippen MR) is 118 cm³/mol. The van der Waals surface area contributed by atoms with E-state index in [1.165, 1.54) is 11.1 Å². The van der Waals surface area contributed by atoms with Crippen LogP contribution in [0.3, 0.4) is 0 Å². The fourth-order valence-corrected chi connectivity index (χ4v) is 3.43. The van der Waals surface area contributed by atoms with E-state index in [0.29, 0.717) is 0 Å². The Bertz CT molecular complexity index is 1050. The lowest BCUT2D eigenvalue weighted by molar-refractivity contribution is -0.130. The second-order valence-electron chi connectivity index (χ2n) is 8.41. The Morgan fingerprint density at radius 2 is 1.97 bits per heavy atom. The molecule has 1 atom stereocenters. The van der Waals surface area contributed by atoms with Crippen LogP contribution in [0.5, 0.6) is 0 Å². The molecular weight excluding hydrogens is 362 g/mol. The smallest absolute Gasteiger partial charge is 0.268 e. The number of hydrogen-bond acceptors (Lipinski definition) is 2. The van der Waals surface area contributed by atoms with Crippen LogP contribution >= 0.6 is 0 Å². The van der Waals surface area contributed by atoms with Crippen molar-refractivity contribution in [3.05, 3.63) is 65.0 Å². The van der Waals surface area contributed by atoms with Crippen molar-refractivity contribution in [3.8, 4) is 0 Å². The third-order valence-corrected chi connectivity index (χ3v) is 5.38. The molecule has 2 amide bonds. The van der Waals surface area contributed by atoms with E-state index in [4.69, 9.17) is 0 Å². The highest BCUT2D eigenvalue weighted by molar-refractivity contribution is 6.08. The summed E-state index contributed by atoms with van der Waals surface area (Å²) < 4.78 is 0. The third kappa shape index (κ3) is 4.04. The maximum atomic E-state index is 12.5. The average Bonchev–Trinajstić information content (AvgIpc) is 3.04. The zero-order valence-corrected chi connectivity index (χ0v) is 17.8. The van der Waals surface area contributed by atoms with Gasteiger partial charge in [0.05, 0.1) is 0 Å². The molecule has 1 aromatic heterocycles. The number of allylic oxidation sites excluding steroid dienone is 3. The molecule has 5 heteroatoms. The van der Waals surface area contributed by atoms with E-state index in [1.807, 2.05) is 18.2 Å². The molecule has 0 aliphatic carbocycles. The Kier molecular flexibility index (Phi) is 5.51. The van der Waals surface area contributed by atoms with Gasteiger partial charge in [-0.15, -0.1) is 6.58 Å². The number of rotatable bonds is 5. The normalized spacial score (nSPS) is 18.5. The lowest BCUT2D eigenvalue weighted by Gasteiger charge is -2.23. The molecule has 1 aliphatic rings. The second-order valence-corrected chi connectivity index (χ2v) is 8.41. The van der Waals surface area contributed by atoms with Crippen LogP contribution in [0, 0.1) is 0 Å². The Morgan fingerprint density at radius 3 is 2.62 bits per heavy atom. The summed E-state index contributed by atoms with van der Waals surface area (Å²) >= 11 is 0. The third-order valence-electron chi connectivity index (χ3n) is 5.38. The molecule has 2 heterocycles. The number of H-pyrrole nitrogens is 1. The average molecular weight is 392 g/mol. The summed E-state index contributed by atoms with van der Waals surface area (Å²) in [4.78, 5) is 28.1. The van der Waals surface area contributed by atoms with Crippen LogP contribution in [-0.2, 0) is 21.4 Å². The van der Waals surface area contributed by atoms with Crippen molar-refractivity contribution in [2.45, 2.75) is 52.5 Å². The molecule has 2 aromatic rings. The van der Waals surface area contributed by atoms with Crippen molar-refractivity contribution in [2.24, 2.45) is 0 Å². The first kappa shape index (κ1) is 20.6. The number of benzene rings is 1. The zero-order valence-electron chi connectivity index (χ0n) is 17.8. The summed E-state index contributed by atoms with van der Waals surface area (Å²) in [5.41, 5.74) is 5.24. The minimum atomic E-state index is -0.539. The molecule has 0 spiro atoms. The van der Waals surface area contributed by atoms with E-state index in [2.05, 4.69) is 62.0 Å². The van der Waals surface area contributed by atoms with Gasteiger partial charge in [0.2, 0.25) is 5.91 Å². The second kappa shape index (κ2) is 7.74. The van der Waals surface area contributed by atoms with Crippen molar-refractivity contribution in [1.82, 2.24) is 15.6 Å². The van der Waals surface area contributed by atoms with E-state index < -0.39 is 6.04 Å². The number of para-hydroxylation sites is 1. The molecular formula is C24H29N3O2. The number of amides is 2. The van der Waals surface area contributed by atoms with Crippen LogP contribution in [-0.4, -0.2) is 22.8 Å². The Hall–Kier alpha value is -3.08. The van der Waals surface area contributed by atoms with Gasteiger partial charge in [0.1, 0.15) is 11.7 Å². The van der Waals surface area contributed by atoms with Crippen molar-refractivity contribution in [1.29, 1.82) is 0 Å². The molecule has 0 unspecified atom stereocenters. The number of hydrogen-bond donors (Lipinski definition) is 3. The van der Waals surface area contributed by atoms with E-state index in [1.54, 1.807) is 13.0 Å². The quantitative estimate of drug-likeness (QED) is 0.530. The summed E-state index contributed by atoms with van der Waals surface area (Å²) in [6.45, 7) is 14.0. The Morgan fingerprint density at radius 1 is 1.24 bits per heavy atom. The van der Waals surface area contributed by atoms with Crippen molar-refractivity contribution in [3.63, 3.8) is 0 Å². The fraction of sp³-hybridized carbons (Fsp3) is 0.333. The van der Waals surface area contributed by atoms with E-state index in [9.17, 15) is 9.59 Å². The summed E-state index contributed by atoms with van der Waals surface area (Å²) in [6.07, 6.45) is 6.67. The van der Waals surface area contributed by atoms with Gasteiger partial charge >= 0.3 is 0 Å². The van der Waals surface area contributed by atoms with Crippen LogP contribution in [0.25, 0.3) is 17.0 Å². The van der Waals surface area contributed by atoms with Crippen LogP contribution < -0.4 is 10.6 Å². The summed E-state index contributed by atoms with van der Waals surface area (Å²) in [5.74, 6) is -0.501. The van der Waals surface area contributed by atoms with Crippen molar-refractivity contribution >= 4 is 28.8 Å². The Balaban J connectivity index is 2.23. The molecule has 29 heavy (non-hydrogen) atoms. The molecule has 152 valence electrons. The first-order valence-electron chi connectivity index (χ1n) is 9.88. The van der Waals surface area contributed by atoms with Gasteiger partial charge in [-0.25, -0.2) is 0 Å². The number of nitrogens with one attached hydrogen (secondary N) is 3. The standard InChI is InChI=1S/C24H29N3O2/c1-7-24(5,6)21-18(13-19-23(29)25-15(4)22(28)26-19)17-10-8-9-16(20(17)27-21)12-11-14(2)3/h7-11,13,15,27H,1,12H2,2-6H3,(H,25,29)(H,26,28)/b19-13-/t15-/m0/s1. The van der Waals surface area contributed by atoms with E-state index in [0.717, 1.165) is 28.6 Å².